The first kappa shape index (κ1) is 12.4. The summed E-state index contributed by atoms with van der Waals surface area (Å²) in [7, 11) is 6.54. The van der Waals surface area contributed by atoms with Gasteiger partial charge in [0.05, 0.1) is 13.0 Å². The molecule has 1 saturated heterocycles. The Morgan fingerprint density at radius 2 is 2.27 bits per heavy atom. The topological polar surface area (TPSA) is 46.6 Å². The molecule has 0 aromatic rings. The van der Waals surface area contributed by atoms with Crippen molar-refractivity contribution in [3.63, 3.8) is 0 Å². The molecule has 15 heavy (non-hydrogen) atoms. The van der Waals surface area contributed by atoms with Gasteiger partial charge in [-0.2, -0.15) is 0 Å². The molecule has 4 nitrogen and oxygen atoms in total. The van der Waals surface area contributed by atoms with Gasteiger partial charge in [0, 0.05) is 4.75 Å². The molecule has 2 atom stereocenters. The van der Waals surface area contributed by atoms with Gasteiger partial charge in [-0.15, -0.1) is 11.8 Å². The number of nitrogens with zero attached hydrogens (tertiary/aromatic N) is 1. The molecule has 1 aliphatic rings. The second-order valence-corrected chi connectivity index (χ2v) is 5.15. The van der Waals surface area contributed by atoms with Gasteiger partial charge in [-0.25, -0.2) is 4.79 Å². The highest BCUT2D eigenvalue weighted by Crippen LogP contribution is 2.42. The van der Waals surface area contributed by atoms with Crippen molar-refractivity contribution in [2.45, 2.75) is 31.1 Å². The van der Waals surface area contributed by atoms with E-state index in [1.54, 1.807) is 11.8 Å². The van der Waals surface area contributed by atoms with Crippen LogP contribution in [-0.2, 0) is 9.53 Å². The van der Waals surface area contributed by atoms with E-state index in [1.165, 1.54) is 12.0 Å². The van der Waals surface area contributed by atoms with Crippen molar-refractivity contribution < 1.29 is 14.3 Å². The lowest BCUT2D eigenvalue weighted by Gasteiger charge is -2.30. The molecule has 0 spiro atoms. The van der Waals surface area contributed by atoms with Crippen LogP contribution in [0.2, 0.25) is 0 Å². The van der Waals surface area contributed by atoms with Gasteiger partial charge in [-0.05, 0) is 13.3 Å². The van der Waals surface area contributed by atoms with E-state index in [9.17, 15) is 9.59 Å². The summed E-state index contributed by atoms with van der Waals surface area (Å²) in [6, 6.07) is -0.574. The summed E-state index contributed by atoms with van der Waals surface area (Å²) >= 11 is 1.56. The first-order valence-electron chi connectivity index (χ1n) is 4.74. The molecule has 1 amide bonds. The fourth-order valence-electron chi connectivity index (χ4n) is 1.67. The summed E-state index contributed by atoms with van der Waals surface area (Å²) in [5, 5.41) is 0. The van der Waals surface area contributed by atoms with E-state index in [0.29, 0.717) is 5.88 Å². The number of hydrogen-bond acceptors (Lipinski definition) is 4. The van der Waals surface area contributed by atoms with E-state index in [1.807, 2.05) is 13.8 Å². The predicted octanol–water partition coefficient (Wildman–Crippen LogP) is 0.992. The van der Waals surface area contributed by atoms with Crippen molar-refractivity contribution >= 4 is 31.4 Å². The molecule has 1 heterocycles. The lowest BCUT2D eigenvalue weighted by molar-refractivity contribution is -0.146. The van der Waals surface area contributed by atoms with E-state index >= 15 is 0 Å². The molecule has 0 N–H and O–H groups in total. The van der Waals surface area contributed by atoms with Crippen molar-refractivity contribution in [1.82, 2.24) is 4.90 Å². The van der Waals surface area contributed by atoms with Crippen molar-refractivity contribution in [2.24, 2.45) is 0 Å². The lowest BCUT2D eigenvalue weighted by Crippen LogP contribution is -2.50. The first-order chi connectivity index (χ1) is 6.96. The number of carbonyl (C=O) groups is 2. The van der Waals surface area contributed by atoms with Crippen molar-refractivity contribution in [1.29, 1.82) is 0 Å². The van der Waals surface area contributed by atoms with Crippen LogP contribution in [0, 0.1) is 0 Å². The highest BCUT2D eigenvalue weighted by Gasteiger charge is 2.49. The summed E-state index contributed by atoms with van der Waals surface area (Å²) < 4.78 is 4.41. The van der Waals surface area contributed by atoms with Crippen LogP contribution < -0.4 is 0 Å². The maximum Gasteiger partial charge on any atom is 0.330 e. The minimum Gasteiger partial charge on any atom is -0.467 e. The molecule has 6 heteroatoms. The minimum absolute atomic E-state index is 0.303. The van der Waals surface area contributed by atoms with E-state index in [0.717, 1.165) is 6.42 Å². The van der Waals surface area contributed by atoms with Gasteiger partial charge >= 0.3 is 5.97 Å². The van der Waals surface area contributed by atoms with Crippen LogP contribution in [0.1, 0.15) is 20.3 Å². The van der Waals surface area contributed by atoms with Crippen molar-refractivity contribution in [3.8, 4) is 0 Å². The smallest absolute Gasteiger partial charge is 0.330 e. The Morgan fingerprint density at radius 3 is 2.67 bits per heavy atom. The normalized spacial score (nSPS) is 30.3. The standard InChI is InChI=1S/C9H14BNO3S/c1-4-9(2)6(7(12)14-3)11(5-15-9)8(10)13/h6H,4-5H2,1-3H3. The van der Waals surface area contributed by atoms with Gasteiger partial charge < -0.3 is 9.64 Å². The molecule has 2 radical (unpaired) electrons. The second kappa shape index (κ2) is 4.47. The predicted molar refractivity (Wildman–Crippen MR) is 59.9 cm³/mol. The zero-order valence-electron chi connectivity index (χ0n) is 9.15. The number of esters is 1. The quantitative estimate of drug-likeness (QED) is 0.521. The number of carbonyl (C=O) groups excluding carboxylic acids is 2. The van der Waals surface area contributed by atoms with Crippen LogP contribution in [0.3, 0.4) is 0 Å². The van der Waals surface area contributed by atoms with Crippen LogP contribution >= 0.6 is 11.8 Å². The molecule has 0 aliphatic carbocycles. The lowest BCUT2D eigenvalue weighted by atomic mass is 9.95. The molecule has 0 aromatic heterocycles. The summed E-state index contributed by atoms with van der Waals surface area (Å²) in [6.07, 6.45) is 0.779. The van der Waals surface area contributed by atoms with Crippen molar-refractivity contribution in [3.05, 3.63) is 0 Å². The van der Waals surface area contributed by atoms with Crippen molar-refractivity contribution in [2.75, 3.05) is 13.0 Å². The third-order valence-corrected chi connectivity index (χ3v) is 4.41. The molecule has 0 saturated carbocycles. The van der Waals surface area contributed by atoms with Gasteiger partial charge in [0.2, 0.25) is 7.85 Å². The Morgan fingerprint density at radius 1 is 1.67 bits per heavy atom. The molecule has 2 unspecified atom stereocenters. The molecular weight excluding hydrogens is 213 g/mol. The SMILES string of the molecule is [B]C(=O)N1CSC(C)(CC)C1C(=O)OC. The van der Waals surface area contributed by atoms with E-state index in [2.05, 4.69) is 0 Å². The molecule has 0 aromatic carbocycles. The van der Waals surface area contributed by atoms with Gasteiger partial charge in [0.15, 0.2) is 5.81 Å². The Bertz CT molecular complexity index is 287. The first-order valence-corrected chi connectivity index (χ1v) is 5.72. The third-order valence-electron chi connectivity index (χ3n) is 2.83. The van der Waals surface area contributed by atoms with Gasteiger partial charge in [0.25, 0.3) is 0 Å². The van der Waals surface area contributed by atoms with E-state index < -0.39 is 17.8 Å². The number of amides is 1. The monoisotopic (exact) mass is 227 g/mol. The van der Waals surface area contributed by atoms with Crippen LogP contribution in [0.15, 0.2) is 0 Å². The average Bonchev–Trinajstić information content (AvgIpc) is 2.56. The summed E-state index contributed by atoms with van der Waals surface area (Å²) in [6.45, 7) is 3.93. The molecule has 1 rings (SSSR count). The van der Waals surface area contributed by atoms with Crippen LogP contribution in [0.25, 0.3) is 0 Å². The highest BCUT2D eigenvalue weighted by atomic mass is 32.2. The van der Waals surface area contributed by atoms with Crippen LogP contribution in [-0.4, -0.2) is 48.3 Å². The maximum absolute atomic E-state index is 11.6. The fraction of sp³-hybridized carbons (Fsp3) is 0.778. The Balaban J connectivity index is 2.97. The minimum atomic E-state index is -0.574. The number of methoxy groups -OCH3 is 1. The number of ether oxygens (including phenoxy) is 1. The number of hydrogen-bond donors (Lipinski definition) is 0. The molecule has 82 valence electrons. The van der Waals surface area contributed by atoms with Gasteiger partial charge in [-0.1, -0.05) is 6.92 Å². The number of rotatable bonds is 2. The zero-order chi connectivity index (χ0) is 11.6. The highest BCUT2D eigenvalue weighted by molar-refractivity contribution is 8.01. The largest absolute Gasteiger partial charge is 0.467 e. The number of thioether (sulfide) groups is 1. The van der Waals surface area contributed by atoms with E-state index in [4.69, 9.17) is 12.6 Å². The summed E-state index contributed by atoms with van der Waals surface area (Å²) in [5.74, 6) is -0.530. The maximum atomic E-state index is 11.6. The third kappa shape index (κ3) is 2.14. The summed E-state index contributed by atoms with van der Waals surface area (Å²) in [5.41, 5.74) is 0. The molecule has 1 fully saturated rings. The van der Waals surface area contributed by atoms with E-state index in [-0.39, 0.29) is 4.75 Å². The molecular formula is C9H14BNO3S. The van der Waals surface area contributed by atoms with Crippen LogP contribution in [0.4, 0.5) is 4.79 Å². The Hall–Kier alpha value is -0.645. The van der Waals surface area contributed by atoms with Gasteiger partial charge in [0.1, 0.15) is 6.04 Å². The molecule has 0 bridgehead atoms. The molecule has 1 aliphatic heterocycles. The second-order valence-electron chi connectivity index (χ2n) is 3.67. The summed E-state index contributed by atoms with van der Waals surface area (Å²) in [4.78, 5) is 24.1. The van der Waals surface area contributed by atoms with Gasteiger partial charge in [-0.3, -0.25) is 4.79 Å². The Labute approximate surface area is 95.1 Å². The van der Waals surface area contributed by atoms with Crippen LogP contribution in [0.5, 0.6) is 0 Å². The fourth-order valence-corrected chi connectivity index (χ4v) is 2.97. The zero-order valence-corrected chi connectivity index (χ0v) is 9.97. The average molecular weight is 227 g/mol. The Kier molecular flexibility index (Phi) is 3.70.